The Labute approximate surface area is 220 Å². The summed E-state index contributed by atoms with van der Waals surface area (Å²) in [5, 5.41) is 0. The van der Waals surface area contributed by atoms with Crippen molar-refractivity contribution in [1.29, 1.82) is 0 Å². The van der Waals surface area contributed by atoms with Gasteiger partial charge in [-0.25, -0.2) is 9.97 Å². The second kappa shape index (κ2) is 14.7. The Morgan fingerprint density at radius 2 is 1.31 bits per heavy atom. The van der Waals surface area contributed by atoms with Crippen LogP contribution in [0.1, 0.15) is 128 Å². The first-order valence-electron chi connectivity index (χ1n) is 15.3. The lowest BCUT2D eigenvalue weighted by atomic mass is 9.68. The smallest absolute Gasteiger partial charge is 0.159 e. The number of rotatable bonds is 13. The minimum absolute atomic E-state index is 0.727. The van der Waals surface area contributed by atoms with Crippen LogP contribution in [0.25, 0.3) is 11.4 Å². The molecule has 2 saturated carbocycles. The van der Waals surface area contributed by atoms with Gasteiger partial charge in [0.2, 0.25) is 0 Å². The number of ether oxygens (including phenoxy) is 1. The topological polar surface area (TPSA) is 35.0 Å². The van der Waals surface area contributed by atoms with Crippen molar-refractivity contribution in [2.75, 3.05) is 6.61 Å². The zero-order valence-electron chi connectivity index (χ0n) is 23.1. The SMILES string of the molecule is CCCCCCOc1cnc(-c2ccc(C3CCC(C4CCC(CCCCC)CC4)CC3)cc2)nc1. The molecule has 2 fully saturated rings. The van der Waals surface area contributed by atoms with Gasteiger partial charge < -0.3 is 4.74 Å². The average Bonchev–Trinajstić information content (AvgIpc) is 2.94. The zero-order chi connectivity index (χ0) is 25.0. The maximum absolute atomic E-state index is 5.79. The molecule has 0 aliphatic heterocycles. The molecule has 1 aromatic carbocycles. The summed E-state index contributed by atoms with van der Waals surface area (Å²) in [6.45, 7) is 5.30. The Bertz CT molecular complexity index is 846. The van der Waals surface area contributed by atoms with Crippen molar-refractivity contribution >= 4 is 0 Å². The summed E-state index contributed by atoms with van der Waals surface area (Å²) in [4.78, 5) is 9.12. The van der Waals surface area contributed by atoms with Crippen molar-refractivity contribution in [3.8, 4) is 17.1 Å². The molecule has 1 aromatic heterocycles. The average molecular weight is 491 g/mol. The predicted molar refractivity (Wildman–Crippen MR) is 151 cm³/mol. The van der Waals surface area contributed by atoms with Crippen molar-refractivity contribution in [2.45, 2.75) is 122 Å². The number of hydrogen-bond acceptors (Lipinski definition) is 3. The molecule has 0 atom stereocenters. The summed E-state index contributed by atoms with van der Waals surface area (Å²) in [7, 11) is 0. The van der Waals surface area contributed by atoms with Gasteiger partial charge >= 0.3 is 0 Å². The zero-order valence-corrected chi connectivity index (χ0v) is 23.1. The highest BCUT2D eigenvalue weighted by Gasteiger charge is 2.31. The first-order valence-corrected chi connectivity index (χ1v) is 15.3. The standard InChI is InChI=1S/C33H50N2O/c1-3-5-7-9-23-36-32-24-34-33(35-25-32)31-21-19-30(20-22-31)29-17-15-28(16-18-29)27-13-11-26(12-14-27)10-8-6-4-2/h19-22,24-29H,3-18,23H2,1-2H3. The molecular formula is C33H50N2O. The molecular weight excluding hydrogens is 440 g/mol. The van der Waals surface area contributed by atoms with Crippen LogP contribution in [-0.2, 0) is 0 Å². The van der Waals surface area contributed by atoms with E-state index in [-0.39, 0.29) is 0 Å². The fourth-order valence-corrected chi connectivity index (χ4v) is 6.72. The van der Waals surface area contributed by atoms with Crippen LogP contribution >= 0.6 is 0 Å². The molecule has 0 spiro atoms. The molecule has 3 nitrogen and oxygen atoms in total. The van der Waals surface area contributed by atoms with E-state index in [0.717, 1.165) is 53.8 Å². The molecule has 0 amide bonds. The van der Waals surface area contributed by atoms with Crippen LogP contribution < -0.4 is 4.74 Å². The van der Waals surface area contributed by atoms with E-state index in [9.17, 15) is 0 Å². The molecule has 2 aliphatic carbocycles. The number of aromatic nitrogens is 2. The third-order valence-corrected chi connectivity index (χ3v) is 9.08. The molecule has 0 bridgehead atoms. The summed E-state index contributed by atoms with van der Waals surface area (Å²) in [6.07, 6.45) is 25.8. The molecule has 198 valence electrons. The highest BCUT2D eigenvalue weighted by Crippen LogP contribution is 2.44. The van der Waals surface area contributed by atoms with Crippen LogP contribution in [0.3, 0.4) is 0 Å². The van der Waals surface area contributed by atoms with Crippen LogP contribution in [0.5, 0.6) is 5.75 Å². The molecule has 2 aromatic rings. The van der Waals surface area contributed by atoms with Crippen molar-refractivity contribution in [1.82, 2.24) is 9.97 Å². The third-order valence-electron chi connectivity index (χ3n) is 9.08. The first kappa shape index (κ1) is 27.1. The molecule has 0 saturated heterocycles. The summed E-state index contributed by atoms with van der Waals surface area (Å²) in [5.41, 5.74) is 2.60. The largest absolute Gasteiger partial charge is 0.490 e. The number of nitrogens with zero attached hydrogens (tertiary/aromatic N) is 2. The Kier molecular flexibility index (Phi) is 11.1. The summed E-state index contributed by atoms with van der Waals surface area (Å²) < 4.78 is 5.79. The Morgan fingerprint density at radius 3 is 1.94 bits per heavy atom. The second-order valence-electron chi connectivity index (χ2n) is 11.7. The van der Waals surface area contributed by atoms with Crippen LogP contribution in [0.4, 0.5) is 0 Å². The molecule has 0 radical (unpaired) electrons. The Morgan fingerprint density at radius 1 is 0.694 bits per heavy atom. The molecule has 36 heavy (non-hydrogen) atoms. The Hall–Kier alpha value is -1.90. The van der Waals surface area contributed by atoms with Crippen molar-refractivity contribution in [3.63, 3.8) is 0 Å². The third kappa shape index (κ3) is 8.05. The lowest BCUT2D eigenvalue weighted by molar-refractivity contribution is 0.155. The van der Waals surface area contributed by atoms with E-state index in [1.165, 1.54) is 102 Å². The monoisotopic (exact) mass is 490 g/mol. The van der Waals surface area contributed by atoms with E-state index in [1.807, 2.05) is 12.4 Å². The van der Waals surface area contributed by atoms with Gasteiger partial charge in [0.05, 0.1) is 19.0 Å². The van der Waals surface area contributed by atoms with Crippen LogP contribution in [-0.4, -0.2) is 16.6 Å². The van der Waals surface area contributed by atoms with E-state index in [1.54, 1.807) is 0 Å². The van der Waals surface area contributed by atoms with Crippen LogP contribution in [0.15, 0.2) is 36.7 Å². The fourth-order valence-electron chi connectivity index (χ4n) is 6.72. The van der Waals surface area contributed by atoms with Crippen molar-refractivity contribution in [2.24, 2.45) is 17.8 Å². The number of hydrogen-bond donors (Lipinski definition) is 0. The van der Waals surface area contributed by atoms with Gasteiger partial charge in [0, 0.05) is 5.56 Å². The van der Waals surface area contributed by atoms with Crippen molar-refractivity contribution in [3.05, 3.63) is 42.2 Å². The molecule has 0 unspecified atom stereocenters. The highest BCUT2D eigenvalue weighted by molar-refractivity contribution is 5.55. The summed E-state index contributed by atoms with van der Waals surface area (Å²) in [6, 6.07) is 9.07. The normalized spacial score (nSPS) is 24.5. The minimum atomic E-state index is 0.727. The van der Waals surface area contributed by atoms with Gasteiger partial charge in [-0.3, -0.25) is 0 Å². The number of benzene rings is 1. The van der Waals surface area contributed by atoms with Gasteiger partial charge in [0.15, 0.2) is 11.6 Å². The van der Waals surface area contributed by atoms with Gasteiger partial charge in [-0.1, -0.05) is 95.9 Å². The van der Waals surface area contributed by atoms with E-state index >= 15 is 0 Å². The molecule has 1 heterocycles. The number of unbranched alkanes of at least 4 members (excludes halogenated alkanes) is 5. The lowest BCUT2D eigenvalue weighted by Crippen LogP contribution is -2.25. The van der Waals surface area contributed by atoms with Crippen LogP contribution in [0, 0.1) is 17.8 Å². The van der Waals surface area contributed by atoms with E-state index in [2.05, 4.69) is 48.1 Å². The van der Waals surface area contributed by atoms with Crippen molar-refractivity contribution < 1.29 is 4.74 Å². The predicted octanol–water partition coefficient (Wildman–Crippen LogP) is 9.76. The van der Waals surface area contributed by atoms with E-state index < -0.39 is 0 Å². The van der Waals surface area contributed by atoms with Crippen LogP contribution in [0.2, 0.25) is 0 Å². The van der Waals surface area contributed by atoms with Gasteiger partial charge in [-0.2, -0.15) is 0 Å². The molecule has 3 heteroatoms. The minimum Gasteiger partial charge on any atom is -0.490 e. The quantitative estimate of drug-likeness (QED) is 0.262. The Balaban J connectivity index is 1.19. The molecule has 2 aliphatic rings. The first-order chi connectivity index (χ1) is 17.8. The van der Waals surface area contributed by atoms with Gasteiger partial charge in [0.1, 0.15) is 0 Å². The molecule has 0 N–H and O–H groups in total. The summed E-state index contributed by atoms with van der Waals surface area (Å²) in [5.74, 6) is 5.31. The maximum Gasteiger partial charge on any atom is 0.159 e. The van der Waals surface area contributed by atoms with Gasteiger partial charge in [-0.05, 0) is 74.2 Å². The fraction of sp³-hybridized carbons (Fsp3) is 0.697. The lowest BCUT2D eigenvalue weighted by Gasteiger charge is -2.38. The summed E-state index contributed by atoms with van der Waals surface area (Å²) >= 11 is 0. The van der Waals surface area contributed by atoms with Gasteiger partial charge in [0.25, 0.3) is 0 Å². The van der Waals surface area contributed by atoms with Gasteiger partial charge in [-0.15, -0.1) is 0 Å². The van der Waals surface area contributed by atoms with E-state index in [0.29, 0.717) is 0 Å². The second-order valence-corrected chi connectivity index (χ2v) is 11.7. The van der Waals surface area contributed by atoms with E-state index in [4.69, 9.17) is 4.74 Å². The molecule has 4 rings (SSSR count). The maximum atomic E-state index is 5.79. The highest BCUT2D eigenvalue weighted by atomic mass is 16.5.